The number of rotatable bonds is 3. The summed E-state index contributed by atoms with van der Waals surface area (Å²) in [6.07, 6.45) is 1.10. The fourth-order valence-corrected chi connectivity index (χ4v) is 3.34. The summed E-state index contributed by atoms with van der Waals surface area (Å²) in [5, 5.41) is 20.4. The van der Waals surface area contributed by atoms with Crippen molar-refractivity contribution in [2.45, 2.75) is 18.6 Å². The van der Waals surface area contributed by atoms with Crippen LogP contribution in [0, 0.1) is 21.4 Å². The molecule has 6 heteroatoms. The third kappa shape index (κ3) is 2.99. The minimum Gasteiger partial charge on any atom is -0.369 e. The number of nitriles is 1. The van der Waals surface area contributed by atoms with Gasteiger partial charge in [-0.15, -0.1) is 0 Å². The van der Waals surface area contributed by atoms with Crippen LogP contribution in [0.5, 0.6) is 0 Å². The fraction of sp³-hybridized carbons (Fsp3) is 0.462. The second-order valence-corrected chi connectivity index (χ2v) is 5.83. The molecule has 0 aliphatic carbocycles. The van der Waals surface area contributed by atoms with Crippen LogP contribution in [-0.2, 0) is 0 Å². The SMILES string of the molecule is CCC1CN(c2ccc(C#N)c([N+](=O)[O-])c2)CCS1. The summed E-state index contributed by atoms with van der Waals surface area (Å²) in [5.41, 5.74) is 0.850. The number of hydrogen-bond donors (Lipinski definition) is 0. The molecule has 5 nitrogen and oxygen atoms in total. The summed E-state index contributed by atoms with van der Waals surface area (Å²) < 4.78 is 0. The molecule has 1 aliphatic rings. The zero-order chi connectivity index (χ0) is 13.8. The van der Waals surface area contributed by atoms with Crippen LogP contribution < -0.4 is 4.90 Å². The van der Waals surface area contributed by atoms with Gasteiger partial charge in [0.25, 0.3) is 5.69 Å². The van der Waals surface area contributed by atoms with Crippen LogP contribution in [0.1, 0.15) is 18.9 Å². The van der Waals surface area contributed by atoms with Crippen molar-refractivity contribution in [3.8, 4) is 6.07 Å². The Hall–Kier alpha value is -1.74. The van der Waals surface area contributed by atoms with Gasteiger partial charge in [-0.1, -0.05) is 6.92 Å². The first kappa shape index (κ1) is 13.7. The van der Waals surface area contributed by atoms with Gasteiger partial charge in [0.2, 0.25) is 0 Å². The maximum absolute atomic E-state index is 11.0. The van der Waals surface area contributed by atoms with E-state index in [1.807, 2.05) is 17.8 Å². The van der Waals surface area contributed by atoms with Gasteiger partial charge in [-0.05, 0) is 18.6 Å². The van der Waals surface area contributed by atoms with Crippen molar-refractivity contribution in [2.24, 2.45) is 0 Å². The van der Waals surface area contributed by atoms with Crippen molar-refractivity contribution in [1.29, 1.82) is 5.26 Å². The summed E-state index contributed by atoms with van der Waals surface area (Å²) in [6, 6.07) is 6.72. The molecule has 1 aromatic rings. The zero-order valence-electron chi connectivity index (χ0n) is 10.7. The third-order valence-electron chi connectivity index (χ3n) is 3.26. The Morgan fingerprint density at radius 2 is 2.42 bits per heavy atom. The van der Waals surface area contributed by atoms with E-state index in [1.165, 1.54) is 12.1 Å². The summed E-state index contributed by atoms with van der Waals surface area (Å²) in [4.78, 5) is 12.6. The van der Waals surface area contributed by atoms with Gasteiger partial charge in [0.1, 0.15) is 11.6 Å². The van der Waals surface area contributed by atoms with Crippen molar-refractivity contribution >= 4 is 23.1 Å². The summed E-state index contributed by atoms with van der Waals surface area (Å²) in [6.45, 7) is 3.96. The highest BCUT2D eigenvalue weighted by Crippen LogP contribution is 2.29. The standard InChI is InChI=1S/C13H15N3O2S/c1-2-12-9-15(5-6-19-12)11-4-3-10(8-14)13(7-11)16(17)18/h3-4,7,12H,2,5-6,9H2,1H3. The van der Waals surface area contributed by atoms with Crippen molar-refractivity contribution in [3.63, 3.8) is 0 Å². The number of thioether (sulfide) groups is 1. The van der Waals surface area contributed by atoms with E-state index in [1.54, 1.807) is 6.07 Å². The average molecular weight is 277 g/mol. The highest BCUT2D eigenvalue weighted by atomic mass is 32.2. The van der Waals surface area contributed by atoms with Gasteiger partial charge in [-0.25, -0.2) is 0 Å². The number of anilines is 1. The Morgan fingerprint density at radius 3 is 3.05 bits per heavy atom. The molecule has 0 saturated carbocycles. The molecule has 100 valence electrons. The minimum atomic E-state index is -0.488. The van der Waals surface area contributed by atoms with Crippen LogP contribution in [0.25, 0.3) is 0 Å². The number of nitro benzene ring substituents is 1. The van der Waals surface area contributed by atoms with Gasteiger partial charge in [0.15, 0.2) is 0 Å². The van der Waals surface area contributed by atoms with Crippen LogP contribution in [0.3, 0.4) is 0 Å². The fourth-order valence-electron chi connectivity index (χ4n) is 2.16. The molecular formula is C13H15N3O2S. The number of benzene rings is 1. The lowest BCUT2D eigenvalue weighted by molar-refractivity contribution is -0.385. The molecule has 1 fully saturated rings. The summed E-state index contributed by atoms with van der Waals surface area (Å²) >= 11 is 1.95. The van der Waals surface area contributed by atoms with Crippen LogP contribution in [0.4, 0.5) is 11.4 Å². The van der Waals surface area contributed by atoms with Crippen LogP contribution in [0.15, 0.2) is 18.2 Å². The molecule has 0 aromatic heterocycles. The zero-order valence-corrected chi connectivity index (χ0v) is 11.5. The monoisotopic (exact) mass is 277 g/mol. The predicted molar refractivity (Wildman–Crippen MR) is 76.6 cm³/mol. The number of nitro groups is 1. The molecule has 0 amide bonds. The molecular weight excluding hydrogens is 262 g/mol. The second kappa shape index (κ2) is 5.93. The molecule has 1 aliphatic heterocycles. The average Bonchev–Trinajstić information content (AvgIpc) is 2.46. The smallest absolute Gasteiger partial charge is 0.289 e. The van der Waals surface area contributed by atoms with Gasteiger partial charge >= 0.3 is 0 Å². The van der Waals surface area contributed by atoms with E-state index < -0.39 is 4.92 Å². The number of nitrogens with zero attached hydrogens (tertiary/aromatic N) is 3. The molecule has 1 aromatic carbocycles. The van der Waals surface area contributed by atoms with Gasteiger partial charge < -0.3 is 4.90 Å². The first-order valence-electron chi connectivity index (χ1n) is 6.20. The number of hydrogen-bond acceptors (Lipinski definition) is 5. The largest absolute Gasteiger partial charge is 0.369 e. The molecule has 2 rings (SSSR count). The first-order chi connectivity index (χ1) is 9.15. The van der Waals surface area contributed by atoms with Crippen molar-refractivity contribution < 1.29 is 4.92 Å². The molecule has 0 radical (unpaired) electrons. The van der Waals surface area contributed by atoms with Crippen LogP contribution in [-0.4, -0.2) is 29.0 Å². The van der Waals surface area contributed by atoms with Gasteiger partial charge in [0.05, 0.1) is 4.92 Å². The van der Waals surface area contributed by atoms with Crippen molar-refractivity contribution in [1.82, 2.24) is 0 Å². The lowest BCUT2D eigenvalue weighted by Crippen LogP contribution is -2.37. The van der Waals surface area contributed by atoms with Crippen molar-refractivity contribution in [3.05, 3.63) is 33.9 Å². The third-order valence-corrected chi connectivity index (χ3v) is 4.63. The molecule has 0 spiro atoms. The molecule has 1 heterocycles. The quantitative estimate of drug-likeness (QED) is 0.627. The molecule has 1 atom stereocenters. The summed E-state index contributed by atoms with van der Waals surface area (Å²) in [7, 11) is 0. The van der Waals surface area contributed by atoms with E-state index >= 15 is 0 Å². The van der Waals surface area contributed by atoms with E-state index in [2.05, 4.69) is 11.8 Å². The van der Waals surface area contributed by atoms with Crippen molar-refractivity contribution in [2.75, 3.05) is 23.7 Å². The molecule has 1 saturated heterocycles. The van der Waals surface area contributed by atoms with Crippen LogP contribution in [0.2, 0.25) is 0 Å². The Morgan fingerprint density at radius 1 is 1.63 bits per heavy atom. The molecule has 19 heavy (non-hydrogen) atoms. The van der Waals surface area contributed by atoms with Gasteiger partial charge in [-0.3, -0.25) is 10.1 Å². The maximum Gasteiger partial charge on any atom is 0.289 e. The highest BCUT2D eigenvalue weighted by molar-refractivity contribution is 8.00. The second-order valence-electron chi connectivity index (χ2n) is 4.42. The van der Waals surface area contributed by atoms with E-state index in [0.29, 0.717) is 5.25 Å². The minimum absolute atomic E-state index is 0.105. The van der Waals surface area contributed by atoms with Gasteiger partial charge in [0, 0.05) is 35.8 Å². The van der Waals surface area contributed by atoms with Crippen LogP contribution >= 0.6 is 11.8 Å². The van der Waals surface area contributed by atoms with Gasteiger partial charge in [-0.2, -0.15) is 17.0 Å². The van der Waals surface area contributed by atoms with E-state index in [0.717, 1.165) is 31.0 Å². The predicted octanol–water partition coefficient (Wildman–Crippen LogP) is 2.80. The Bertz CT molecular complexity index is 527. The molecule has 0 N–H and O–H groups in total. The maximum atomic E-state index is 11.0. The Labute approximate surface area is 116 Å². The lowest BCUT2D eigenvalue weighted by Gasteiger charge is -2.33. The van der Waals surface area contributed by atoms with E-state index in [4.69, 9.17) is 5.26 Å². The molecule has 1 unspecified atom stereocenters. The first-order valence-corrected chi connectivity index (χ1v) is 7.25. The Balaban J connectivity index is 2.28. The molecule has 0 bridgehead atoms. The highest BCUT2D eigenvalue weighted by Gasteiger charge is 2.22. The van der Waals surface area contributed by atoms with E-state index in [-0.39, 0.29) is 11.3 Å². The topological polar surface area (TPSA) is 70.2 Å². The summed E-state index contributed by atoms with van der Waals surface area (Å²) in [5.74, 6) is 1.03. The lowest BCUT2D eigenvalue weighted by atomic mass is 10.1. The van der Waals surface area contributed by atoms with E-state index in [9.17, 15) is 10.1 Å². The Kier molecular flexibility index (Phi) is 4.27. The normalized spacial score (nSPS) is 18.9.